The van der Waals surface area contributed by atoms with E-state index in [2.05, 4.69) is 9.80 Å². The number of hydrogen-bond donors (Lipinski definition) is 0. The number of alkyl halides is 3. The molecule has 0 unspecified atom stereocenters. The van der Waals surface area contributed by atoms with Crippen molar-refractivity contribution in [3.05, 3.63) is 59.2 Å². The first-order chi connectivity index (χ1) is 14.8. The number of rotatable bonds is 8. The van der Waals surface area contributed by atoms with Gasteiger partial charge >= 0.3 is 6.18 Å². The number of hydrogen-bond acceptors (Lipinski definition) is 5. The number of ether oxygens (including phenoxy) is 2. The number of piperazine rings is 1. The third kappa shape index (κ3) is 5.98. The van der Waals surface area contributed by atoms with Gasteiger partial charge in [-0.05, 0) is 36.2 Å². The molecule has 168 valence electrons. The number of carbonyl (C=O) groups excluding carboxylic acids is 1. The topological polar surface area (TPSA) is 42.0 Å². The van der Waals surface area contributed by atoms with Gasteiger partial charge in [0.25, 0.3) is 0 Å². The molecule has 0 spiro atoms. The van der Waals surface area contributed by atoms with Gasteiger partial charge in [0.1, 0.15) is 0 Å². The molecule has 0 atom stereocenters. The molecule has 0 N–H and O–H groups in total. The highest BCUT2D eigenvalue weighted by Gasteiger charge is 2.32. The van der Waals surface area contributed by atoms with E-state index in [0.29, 0.717) is 68.3 Å². The fourth-order valence-electron chi connectivity index (χ4n) is 3.77. The maximum atomic E-state index is 13.1. The fraction of sp³-hybridized carbons (Fsp3) is 0.435. The Balaban J connectivity index is 1.50. The quantitative estimate of drug-likeness (QED) is 0.590. The number of halogens is 3. The van der Waals surface area contributed by atoms with Gasteiger partial charge in [0.2, 0.25) is 0 Å². The Morgan fingerprint density at radius 2 is 1.58 bits per heavy atom. The zero-order chi connectivity index (χ0) is 22.4. The normalized spacial score (nSPS) is 15.6. The molecule has 0 amide bonds. The maximum absolute atomic E-state index is 13.1. The number of nitrogens with zero attached hydrogens (tertiary/aromatic N) is 2. The van der Waals surface area contributed by atoms with E-state index in [-0.39, 0.29) is 5.78 Å². The molecule has 0 saturated carbocycles. The molecule has 0 radical (unpaired) electrons. The predicted molar refractivity (Wildman–Crippen MR) is 112 cm³/mol. The van der Waals surface area contributed by atoms with Crippen molar-refractivity contribution in [3.8, 4) is 11.5 Å². The Bertz CT molecular complexity index is 894. The van der Waals surface area contributed by atoms with E-state index in [1.165, 1.54) is 13.2 Å². The number of Topliss-reactive ketones (excluding diaryl/α,β-unsaturated/α-hetero) is 1. The lowest BCUT2D eigenvalue weighted by molar-refractivity contribution is -0.138. The number of ketones is 1. The molecule has 5 nitrogen and oxygen atoms in total. The van der Waals surface area contributed by atoms with Crippen molar-refractivity contribution in [2.75, 3.05) is 53.5 Å². The first-order valence-electron chi connectivity index (χ1n) is 10.2. The monoisotopic (exact) mass is 436 g/mol. The Morgan fingerprint density at radius 1 is 0.935 bits per heavy atom. The molecule has 3 rings (SSSR count). The Kier molecular flexibility index (Phi) is 7.56. The summed E-state index contributed by atoms with van der Waals surface area (Å²) in [4.78, 5) is 16.9. The summed E-state index contributed by atoms with van der Waals surface area (Å²) in [5, 5.41) is 0. The van der Waals surface area contributed by atoms with Crippen LogP contribution in [-0.4, -0.2) is 69.1 Å². The van der Waals surface area contributed by atoms with Crippen LogP contribution < -0.4 is 9.47 Å². The lowest BCUT2D eigenvalue weighted by Crippen LogP contribution is -2.48. The van der Waals surface area contributed by atoms with Crippen molar-refractivity contribution in [1.82, 2.24) is 9.80 Å². The summed E-state index contributed by atoms with van der Waals surface area (Å²) in [6.07, 6.45) is -3.99. The van der Waals surface area contributed by atoms with Crippen LogP contribution in [0.25, 0.3) is 0 Å². The summed E-state index contributed by atoms with van der Waals surface area (Å²) in [5.74, 6) is 1.07. The summed E-state index contributed by atoms with van der Waals surface area (Å²) >= 11 is 0. The predicted octanol–water partition coefficient (Wildman–Crippen LogP) is 3.77. The number of benzene rings is 2. The van der Waals surface area contributed by atoms with E-state index < -0.39 is 11.7 Å². The van der Waals surface area contributed by atoms with E-state index >= 15 is 0 Å². The fourth-order valence-corrected chi connectivity index (χ4v) is 3.77. The Labute approximate surface area is 180 Å². The van der Waals surface area contributed by atoms with Crippen molar-refractivity contribution >= 4 is 5.78 Å². The minimum absolute atomic E-state index is 0.00601. The zero-order valence-corrected chi connectivity index (χ0v) is 17.7. The Hall–Kier alpha value is -2.58. The van der Waals surface area contributed by atoms with Crippen LogP contribution in [0.5, 0.6) is 11.5 Å². The summed E-state index contributed by atoms with van der Waals surface area (Å²) in [6, 6.07) is 10.8. The average molecular weight is 436 g/mol. The van der Waals surface area contributed by atoms with E-state index in [1.807, 2.05) is 0 Å². The molecule has 0 bridgehead atoms. The largest absolute Gasteiger partial charge is 0.493 e. The second kappa shape index (κ2) is 10.2. The summed E-state index contributed by atoms with van der Waals surface area (Å²) in [6.45, 7) is 3.67. The van der Waals surface area contributed by atoms with Crippen LogP contribution in [0.3, 0.4) is 0 Å². The smallest absolute Gasteiger partial charge is 0.416 e. The van der Waals surface area contributed by atoms with Crippen LogP contribution in [-0.2, 0) is 12.6 Å². The van der Waals surface area contributed by atoms with Crippen LogP contribution in [0.2, 0.25) is 0 Å². The van der Waals surface area contributed by atoms with Gasteiger partial charge in [0.05, 0.1) is 26.3 Å². The standard InChI is InChI=1S/C23H27F3N2O3/c1-30-21-8-7-18(15-22(21)31-2)20(29)16-28-13-11-27(12-14-28)10-9-17-5-3-4-6-19(17)23(24,25)26/h3-8,15H,9-14,16H2,1-2H3. The summed E-state index contributed by atoms with van der Waals surface area (Å²) in [7, 11) is 3.07. The molecule has 0 aliphatic carbocycles. The van der Waals surface area contributed by atoms with E-state index in [9.17, 15) is 18.0 Å². The van der Waals surface area contributed by atoms with Gasteiger partial charge in [-0.15, -0.1) is 0 Å². The highest BCUT2D eigenvalue weighted by Crippen LogP contribution is 2.32. The molecule has 1 fully saturated rings. The number of carbonyl (C=O) groups is 1. The zero-order valence-electron chi connectivity index (χ0n) is 17.7. The number of methoxy groups -OCH3 is 2. The molecule has 1 heterocycles. The van der Waals surface area contributed by atoms with Crippen molar-refractivity contribution in [1.29, 1.82) is 0 Å². The average Bonchev–Trinajstić information content (AvgIpc) is 2.77. The van der Waals surface area contributed by atoms with Gasteiger partial charge in [-0.2, -0.15) is 13.2 Å². The van der Waals surface area contributed by atoms with Crippen molar-refractivity contribution in [2.24, 2.45) is 0 Å². The third-order valence-corrected chi connectivity index (χ3v) is 5.56. The van der Waals surface area contributed by atoms with Gasteiger partial charge in [-0.1, -0.05) is 18.2 Å². The highest BCUT2D eigenvalue weighted by molar-refractivity contribution is 5.98. The van der Waals surface area contributed by atoms with Gasteiger partial charge in [0.15, 0.2) is 17.3 Å². The van der Waals surface area contributed by atoms with Crippen LogP contribution in [0, 0.1) is 0 Å². The highest BCUT2D eigenvalue weighted by atomic mass is 19.4. The van der Waals surface area contributed by atoms with Crippen LogP contribution in [0.4, 0.5) is 13.2 Å². The van der Waals surface area contributed by atoms with Crippen LogP contribution in [0.15, 0.2) is 42.5 Å². The molecule has 1 saturated heterocycles. The molecule has 31 heavy (non-hydrogen) atoms. The lowest BCUT2D eigenvalue weighted by Gasteiger charge is -2.34. The van der Waals surface area contributed by atoms with E-state index in [0.717, 1.165) is 6.07 Å². The van der Waals surface area contributed by atoms with Crippen molar-refractivity contribution in [2.45, 2.75) is 12.6 Å². The van der Waals surface area contributed by atoms with Crippen LogP contribution in [0.1, 0.15) is 21.5 Å². The molecule has 2 aromatic rings. The lowest BCUT2D eigenvalue weighted by atomic mass is 10.0. The van der Waals surface area contributed by atoms with Crippen LogP contribution >= 0.6 is 0 Å². The van der Waals surface area contributed by atoms with Crippen molar-refractivity contribution < 1.29 is 27.4 Å². The van der Waals surface area contributed by atoms with Gasteiger partial charge in [-0.25, -0.2) is 0 Å². The summed E-state index contributed by atoms with van der Waals surface area (Å²) in [5.41, 5.74) is 0.319. The van der Waals surface area contributed by atoms with Gasteiger partial charge < -0.3 is 14.4 Å². The molecule has 8 heteroatoms. The maximum Gasteiger partial charge on any atom is 0.416 e. The Morgan fingerprint density at radius 3 is 2.23 bits per heavy atom. The first-order valence-corrected chi connectivity index (χ1v) is 10.2. The first kappa shape index (κ1) is 23.1. The second-order valence-corrected chi connectivity index (χ2v) is 7.52. The minimum atomic E-state index is -4.33. The third-order valence-electron chi connectivity index (χ3n) is 5.56. The second-order valence-electron chi connectivity index (χ2n) is 7.52. The SMILES string of the molecule is COc1ccc(C(=O)CN2CCN(CCc3ccccc3C(F)(F)F)CC2)cc1OC. The van der Waals surface area contributed by atoms with Gasteiger partial charge in [-0.3, -0.25) is 9.69 Å². The molecule has 2 aromatic carbocycles. The minimum Gasteiger partial charge on any atom is -0.493 e. The molecular formula is C23H27F3N2O3. The van der Waals surface area contributed by atoms with E-state index in [4.69, 9.17) is 9.47 Å². The molecule has 1 aliphatic rings. The molecule has 1 aliphatic heterocycles. The van der Waals surface area contributed by atoms with Crippen molar-refractivity contribution in [3.63, 3.8) is 0 Å². The van der Waals surface area contributed by atoms with E-state index in [1.54, 1.807) is 37.4 Å². The van der Waals surface area contributed by atoms with Gasteiger partial charge in [0, 0.05) is 38.3 Å². The summed E-state index contributed by atoms with van der Waals surface area (Å²) < 4.78 is 49.9. The molecule has 0 aromatic heterocycles. The molecular weight excluding hydrogens is 409 g/mol.